The van der Waals surface area contributed by atoms with Crippen LogP contribution in [0, 0.1) is 0 Å². The van der Waals surface area contributed by atoms with Gasteiger partial charge in [-0.2, -0.15) is 0 Å². The Kier molecular flexibility index (Phi) is 3.57. The zero-order chi connectivity index (χ0) is 11.4. The average molecular weight is 218 g/mol. The molecule has 1 amide bonds. The summed E-state index contributed by atoms with van der Waals surface area (Å²) in [6, 6.07) is 8.17. The Labute approximate surface area is 96.2 Å². The number of carbonyl (C=O) groups excluding carboxylic acids is 1. The molecule has 1 aromatic carbocycles. The highest BCUT2D eigenvalue weighted by atomic mass is 16.1. The van der Waals surface area contributed by atoms with Crippen LogP contribution >= 0.6 is 0 Å². The van der Waals surface area contributed by atoms with Crippen molar-refractivity contribution in [2.75, 3.05) is 18.4 Å². The first kappa shape index (κ1) is 11.1. The van der Waals surface area contributed by atoms with Crippen LogP contribution in [-0.2, 0) is 4.79 Å². The SMILES string of the molecule is CC(=O)Nc1cccc([C@@H]2CCCNC2)c1. The van der Waals surface area contributed by atoms with Gasteiger partial charge < -0.3 is 10.6 Å². The number of hydrogen-bond acceptors (Lipinski definition) is 2. The fraction of sp³-hybridized carbons (Fsp3) is 0.462. The number of amides is 1. The van der Waals surface area contributed by atoms with Crippen molar-refractivity contribution >= 4 is 11.6 Å². The topological polar surface area (TPSA) is 41.1 Å². The lowest BCUT2D eigenvalue weighted by atomic mass is 9.91. The van der Waals surface area contributed by atoms with Gasteiger partial charge in [0.1, 0.15) is 0 Å². The van der Waals surface area contributed by atoms with Crippen molar-refractivity contribution in [3.63, 3.8) is 0 Å². The molecule has 1 aromatic rings. The molecule has 0 bridgehead atoms. The number of benzene rings is 1. The summed E-state index contributed by atoms with van der Waals surface area (Å²) >= 11 is 0. The Balaban J connectivity index is 2.11. The second kappa shape index (κ2) is 5.12. The molecule has 0 radical (unpaired) electrons. The maximum Gasteiger partial charge on any atom is 0.221 e. The molecule has 1 heterocycles. The predicted molar refractivity (Wildman–Crippen MR) is 65.6 cm³/mol. The molecule has 16 heavy (non-hydrogen) atoms. The highest BCUT2D eigenvalue weighted by Crippen LogP contribution is 2.25. The van der Waals surface area contributed by atoms with E-state index in [1.165, 1.54) is 25.3 Å². The lowest BCUT2D eigenvalue weighted by molar-refractivity contribution is -0.114. The lowest BCUT2D eigenvalue weighted by Crippen LogP contribution is -2.28. The summed E-state index contributed by atoms with van der Waals surface area (Å²) in [7, 11) is 0. The van der Waals surface area contributed by atoms with Crippen LogP contribution in [0.5, 0.6) is 0 Å². The average Bonchev–Trinajstić information content (AvgIpc) is 2.30. The van der Waals surface area contributed by atoms with E-state index in [4.69, 9.17) is 0 Å². The molecule has 3 nitrogen and oxygen atoms in total. The fourth-order valence-corrected chi connectivity index (χ4v) is 2.21. The summed E-state index contributed by atoms with van der Waals surface area (Å²) in [5.41, 5.74) is 2.22. The summed E-state index contributed by atoms with van der Waals surface area (Å²) in [5.74, 6) is 0.571. The van der Waals surface area contributed by atoms with Crippen LogP contribution in [0.2, 0.25) is 0 Å². The van der Waals surface area contributed by atoms with Crippen molar-refractivity contribution in [2.24, 2.45) is 0 Å². The number of carbonyl (C=O) groups is 1. The van der Waals surface area contributed by atoms with E-state index < -0.39 is 0 Å². The number of anilines is 1. The third kappa shape index (κ3) is 2.83. The summed E-state index contributed by atoms with van der Waals surface area (Å²) in [5, 5.41) is 6.23. The first-order valence-corrected chi connectivity index (χ1v) is 5.84. The minimum Gasteiger partial charge on any atom is -0.326 e. The minimum atomic E-state index is -0.0149. The number of nitrogens with one attached hydrogen (secondary N) is 2. The van der Waals surface area contributed by atoms with Gasteiger partial charge in [-0.1, -0.05) is 12.1 Å². The molecule has 1 saturated heterocycles. The number of rotatable bonds is 2. The highest BCUT2D eigenvalue weighted by molar-refractivity contribution is 5.88. The largest absolute Gasteiger partial charge is 0.326 e. The zero-order valence-corrected chi connectivity index (χ0v) is 9.62. The van der Waals surface area contributed by atoms with E-state index in [1.807, 2.05) is 12.1 Å². The maximum absolute atomic E-state index is 11.0. The summed E-state index contributed by atoms with van der Waals surface area (Å²) in [6.45, 7) is 3.71. The normalized spacial score (nSPS) is 20.4. The quantitative estimate of drug-likeness (QED) is 0.798. The third-order valence-electron chi connectivity index (χ3n) is 2.98. The molecule has 2 N–H and O–H groups in total. The van der Waals surface area contributed by atoms with Gasteiger partial charge in [0.2, 0.25) is 5.91 Å². The van der Waals surface area contributed by atoms with E-state index in [0.717, 1.165) is 18.8 Å². The lowest BCUT2D eigenvalue weighted by Gasteiger charge is -2.23. The van der Waals surface area contributed by atoms with Gasteiger partial charge in [-0.25, -0.2) is 0 Å². The number of hydrogen-bond donors (Lipinski definition) is 2. The molecule has 0 aromatic heterocycles. The first-order chi connectivity index (χ1) is 7.75. The van der Waals surface area contributed by atoms with Crippen molar-refractivity contribution in [3.05, 3.63) is 29.8 Å². The van der Waals surface area contributed by atoms with Crippen molar-refractivity contribution in [1.29, 1.82) is 0 Å². The summed E-state index contributed by atoms with van der Waals surface area (Å²) in [6.07, 6.45) is 2.46. The molecule has 0 unspecified atom stereocenters. The van der Waals surface area contributed by atoms with Gasteiger partial charge in [0.15, 0.2) is 0 Å². The van der Waals surface area contributed by atoms with Gasteiger partial charge in [0.25, 0.3) is 0 Å². The number of piperidine rings is 1. The molecular weight excluding hydrogens is 200 g/mol. The zero-order valence-electron chi connectivity index (χ0n) is 9.62. The Morgan fingerprint density at radius 3 is 3.06 bits per heavy atom. The van der Waals surface area contributed by atoms with Gasteiger partial charge in [-0.05, 0) is 43.0 Å². The van der Waals surface area contributed by atoms with E-state index >= 15 is 0 Å². The molecule has 0 aliphatic carbocycles. The minimum absolute atomic E-state index is 0.0149. The van der Waals surface area contributed by atoms with Crippen molar-refractivity contribution in [2.45, 2.75) is 25.7 Å². The van der Waals surface area contributed by atoms with E-state index in [-0.39, 0.29) is 5.91 Å². The Bertz CT molecular complexity index is 370. The van der Waals surface area contributed by atoms with Gasteiger partial charge in [-0.3, -0.25) is 4.79 Å². The third-order valence-corrected chi connectivity index (χ3v) is 2.98. The molecule has 2 rings (SSSR count). The van der Waals surface area contributed by atoms with Crippen LogP contribution in [0.25, 0.3) is 0 Å². The molecule has 1 atom stereocenters. The molecule has 0 spiro atoms. The Morgan fingerprint density at radius 2 is 2.38 bits per heavy atom. The molecule has 86 valence electrons. The standard InChI is InChI=1S/C13H18N2O/c1-10(16)15-13-6-2-4-11(8-13)12-5-3-7-14-9-12/h2,4,6,8,12,14H,3,5,7,9H2,1H3,(H,15,16)/t12-/m1/s1. The van der Waals surface area contributed by atoms with E-state index in [1.54, 1.807) is 0 Å². The van der Waals surface area contributed by atoms with Gasteiger partial charge in [0.05, 0.1) is 0 Å². The van der Waals surface area contributed by atoms with Crippen LogP contribution in [0.4, 0.5) is 5.69 Å². The highest BCUT2D eigenvalue weighted by Gasteiger charge is 2.15. The van der Waals surface area contributed by atoms with Gasteiger partial charge in [-0.15, -0.1) is 0 Å². The van der Waals surface area contributed by atoms with Crippen molar-refractivity contribution in [1.82, 2.24) is 5.32 Å². The van der Waals surface area contributed by atoms with Gasteiger partial charge >= 0.3 is 0 Å². The molecule has 1 aliphatic heterocycles. The molecule has 3 heteroatoms. The van der Waals surface area contributed by atoms with E-state index in [2.05, 4.69) is 22.8 Å². The summed E-state index contributed by atoms with van der Waals surface area (Å²) in [4.78, 5) is 11.0. The van der Waals surface area contributed by atoms with E-state index in [0.29, 0.717) is 5.92 Å². The molecule has 1 aliphatic rings. The molecular formula is C13H18N2O. The smallest absolute Gasteiger partial charge is 0.221 e. The van der Waals surface area contributed by atoms with Crippen molar-refractivity contribution in [3.8, 4) is 0 Å². The van der Waals surface area contributed by atoms with Crippen LogP contribution in [0.3, 0.4) is 0 Å². The Hall–Kier alpha value is -1.35. The van der Waals surface area contributed by atoms with Crippen LogP contribution in [0.1, 0.15) is 31.2 Å². The molecule has 0 saturated carbocycles. The predicted octanol–water partition coefficient (Wildman–Crippen LogP) is 2.11. The van der Waals surface area contributed by atoms with Crippen LogP contribution in [0.15, 0.2) is 24.3 Å². The van der Waals surface area contributed by atoms with Gasteiger partial charge in [0, 0.05) is 19.2 Å². The monoisotopic (exact) mass is 218 g/mol. The first-order valence-electron chi connectivity index (χ1n) is 5.84. The van der Waals surface area contributed by atoms with Crippen LogP contribution in [-0.4, -0.2) is 19.0 Å². The molecule has 1 fully saturated rings. The second-order valence-corrected chi connectivity index (χ2v) is 4.35. The second-order valence-electron chi connectivity index (χ2n) is 4.35. The Morgan fingerprint density at radius 1 is 1.50 bits per heavy atom. The van der Waals surface area contributed by atoms with Crippen molar-refractivity contribution < 1.29 is 4.79 Å². The van der Waals surface area contributed by atoms with E-state index in [9.17, 15) is 4.79 Å². The maximum atomic E-state index is 11.0. The summed E-state index contributed by atoms with van der Waals surface area (Å²) < 4.78 is 0. The fourth-order valence-electron chi connectivity index (χ4n) is 2.21. The van der Waals surface area contributed by atoms with Crippen LogP contribution < -0.4 is 10.6 Å².